The highest BCUT2D eigenvalue weighted by atomic mass is 32.1. The average Bonchev–Trinajstić information content (AvgIpc) is 3.18. The van der Waals surface area contributed by atoms with Crippen LogP contribution >= 0.6 is 22.7 Å². The summed E-state index contributed by atoms with van der Waals surface area (Å²) < 4.78 is 0. The minimum atomic E-state index is 0.907. The standard InChI is InChI=1S/C14H9N3S2/c1-2-10-11(6-16-13(10)15-4-1)14-17-12(8-19-14)9-3-5-18-7-9/h1-8H,(H,15,16). The van der Waals surface area contributed by atoms with Gasteiger partial charge in [0.1, 0.15) is 10.7 Å². The van der Waals surface area contributed by atoms with Crippen molar-refractivity contribution >= 4 is 33.7 Å². The van der Waals surface area contributed by atoms with Gasteiger partial charge in [0, 0.05) is 39.7 Å². The Kier molecular flexibility index (Phi) is 2.46. The third-order valence-corrected chi connectivity index (χ3v) is 4.56. The molecule has 0 atom stereocenters. The van der Waals surface area contributed by atoms with E-state index in [1.54, 1.807) is 28.9 Å². The third-order valence-electron chi connectivity index (χ3n) is 3.00. The molecule has 4 rings (SSSR count). The van der Waals surface area contributed by atoms with Crippen molar-refractivity contribution < 1.29 is 0 Å². The minimum absolute atomic E-state index is 0.907. The number of rotatable bonds is 2. The first-order valence-electron chi connectivity index (χ1n) is 5.82. The van der Waals surface area contributed by atoms with Crippen LogP contribution in [0.2, 0.25) is 0 Å². The molecule has 0 bridgehead atoms. The summed E-state index contributed by atoms with van der Waals surface area (Å²) in [5.41, 5.74) is 4.25. The van der Waals surface area contributed by atoms with Crippen LogP contribution in [0.1, 0.15) is 0 Å². The molecule has 0 aromatic carbocycles. The molecule has 92 valence electrons. The molecule has 0 unspecified atom stereocenters. The highest BCUT2D eigenvalue weighted by Gasteiger charge is 2.11. The fraction of sp³-hybridized carbons (Fsp3) is 0. The fourth-order valence-electron chi connectivity index (χ4n) is 2.07. The van der Waals surface area contributed by atoms with Crippen molar-refractivity contribution in [2.45, 2.75) is 0 Å². The zero-order valence-corrected chi connectivity index (χ0v) is 11.5. The van der Waals surface area contributed by atoms with E-state index in [1.807, 2.05) is 12.3 Å². The van der Waals surface area contributed by atoms with Gasteiger partial charge in [-0.1, -0.05) is 0 Å². The van der Waals surface area contributed by atoms with Gasteiger partial charge < -0.3 is 4.98 Å². The number of hydrogen-bond acceptors (Lipinski definition) is 4. The lowest BCUT2D eigenvalue weighted by molar-refractivity contribution is 1.32. The number of aromatic amines is 1. The first-order valence-corrected chi connectivity index (χ1v) is 7.64. The van der Waals surface area contributed by atoms with E-state index in [0.29, 0.717) is 0 Å². The Labute approximate surface area is 117 Å². The molecular formula is C14H9N3S2. The number of pyridine rings is 1. The van der Waals surface area contributed by atoms with Crippen molar-refractivity contribution in [3.05, 3.63) is 46.7 Å². The van der Waals surface area contributed by atoms with Crippen LogP contribution in [-0.4, -0.2) is 15.0 Å². The minimum Gasteiger partial charge on any atom is -0.345 e. The Balaban J connectivity index is 1.85. The van der Waals surface area contributed by atoms with Crippen LogP contribution in [0.3, 0.4) is 0 Å². The summed E-state index contributed by atoms with van der Waals surface area (Å²) in [6, 6.07) is 6.12. The lowest BCUT2D eigenvalue weighted by Crippen LogP contribution is -1.77. The van der Waals surface area contributed by atoms with Crippen LogP contribution in [0.15, 0.2) is 46.7 Å². The topological polar surface area (TPSA) is 41.6 Å². The van der Waals surface area contributed by atoms with E-state index in [2.05, 4.69) is 38.2 Å². The van der Waals surface area contributed by atoms with Gasteiger partial charge in [-0.05, 0) is 23.6 Å². The fourth-order valence-corrected chi connectivity index (χ4v) is 3.58. The summed E-state index contributed by atoms with van der Waals surface area (Å²) in [4.78, 5) is 12.2. The number of fused-ring (bicyclic) bond motifs is 1. The Morgan fingerprint density at radius 1 is 1.16 bits per heavy atom. The maximum atomic E-state index is 4.72. The molecule has 0 aliphatic carbocycles. The largest absolute Gasteiger partial charge is 0.345 e. The molecule has 5 heteroatoms. The molecule has 0 fully saturated rings. The second-order valence-corrected chi connectivity index (χ2v) is 5.79. The first kappa shape index (κ1) is 10.9. The van der Waals surface area contributed by atoms with E-state index in [-0.39, 0.29) is 0 Å². The van der Waals surface area contributed by atoms with E-state index in [0.717, 1.165) is 27.3 Å². The van der Waals surface area contributed by atoms with Gasteiger partial charge in [-0.15, -0.1) is 11.3 Å². The van der Waals surface area contributed by atoms with Gasteiger partial charge in [0.05, 0.1) is 5.69 Å². The van der Waals surface area contributed by atoms with Gasteiger partial charge in [0.2, 0.25) is 0 Å². The Morgan fingerprint density at radius 3 is 3.05 bits per heavy atom. The second-order valence-electron chi connectivity index (χ2n) is 4.15. The Hall–Kier alpha value is -1.98. The van der Waals surface area contributed by atoms with Crippen LogP contribution in [0.5, 0.6) is 0 Å². The van der Waals surface area contributed by atoms with E-state index in [9.17, 15) is 0 Å². The summed E-state index contributed by atoms with van der Waals surface area (Å²) in [6.45, 7) is 0. The van der Waals surface area contributed by atoms with Crippen LogP contribution in [0.4, 0.5) is 0 Å². The third kappa shape index (κ3) is 1.78. The van der Waals surface area contributed by atoms with Crippen molar-refractivity contribution in [1.82, 2.24) is 15.0 Å². The van der Waals surface area contributed by atoms with Crippen LogP contribution in [0, 0.1) is 0 Å². The molecule has 1 N–H and O–H groups in total. The summed E-state index contributed by atoms with van der Waals surface area (Å²) in [5, 5.41) is 8.45. The van der Waals surface area contributed by atoms with Gasteiger partial charge in [0.15, 0.2) is 0 Å². The van der Waals surface area contributed by atoms with Gasteiger partial charge in [-0.25, -0.2) is 9.97 Å². The zero-order valence-electron chi connectivity index (χ0n) is 9.83. The van der Waals surface area contributed by atoms with E-state index in [4.69, 9.17) is 4.98 Å². The van der Waals surface area contributed by atoms with Crippen LogP contribution in [-0.2, 0) is 0 Å². The summed E-state index contributed by atoms with van der Waals surface area (Å²) in [5.74, 6) is 0. The molecule has 19 heavy (non-hydrogen) atoms. The van der Waals surface area contributed by atoms with Gasteiger partial charge >= 0.3 is 0 Å². The number of nitrogens with zero attached hydrogens (tertiary/aromatic N) is 2. The normalized spacial score (nSPS) is 11.2. The number of nitrogens with one attached hydrogen (secondary N) is 1. The molecule has 3 nitrogen and oxygen atoms in total. The van der Waals surface area contributed by atoms with Gasteiger partial charge in [-0.3, -0.25) is 0 Å². The first-order chi connectivity index (χ1) is 9.42. The lowest BCUT2D eigenvalue weighted by Gasteiger charge is -1.93. The van der Waals surface area contributed by atoms with Crippen molar-refractivity contribution in [1.29, 1.82) is 0 Å². The SMILES string of the molecule is c1cnc2[nH]cc(-c3nc(-c4ccsc4)cs3)c2c1. The molecular weight excluding hydrogens is 274 g/mol. The second kappa shape index (κ2) is 4.29. The summed E-state index contributed by atoms with van der Waals surface area (Å²) in [6.07, 6.45) is 3.77. The lowest BCUT2D eigenvalue weighted by atomic mass is 10.2. The van der Waals surface area contributed by atoms with Crippen molar-refractivity contribution in [3.63, 3.8) is 0 Å². The summed E-state index contributed by atoms with van der Waals surface area (Å²) >= 11 is 3.36. The number of aromatic nitrogens is 3. The van der Waals surface area contributed by atoms with Gasteiger partial charge in [-0.2, -0.15) is 11.3 Å². The Bertz CT molecular complexity index is 827. The predicted octanol–water partition coefficient (Wildman–Crippen LogP) is 4.41. The molecule has 0 spiro atoms. The number of thiophene rings is 1. The van der Waals surface area contributed by atoms with Crippen molar-refractivity contribution in [3.8, 4) is 21.8 Å². The summed E-state index contributed by atoms with van der Waals surface area (Å²) in [7, 11) is 0. The predicted molar refractivity (Wildman–Crippen MR) is 80.5 cm³/mol. The molecule has 4 aromatic heterocycles. The van der Waals surface area contributed by atoms with E-state index < -0.39 is 0 Å². The Morgan fingerprint density at radius 2 is 2.16 bits per heavy atom. The number of hydrogen-bond donors (Lipinski definition) is 1. The molecule has 0 amide bonds. The monoisotopic (exact) mass is 283 g/mol. The van der Waals surface area contributed by atoms with Crippen molar-refractivity contribution in [2.75, 3.05) is 0 Å². The highest BCUT2D eigenvalue weighted by molar-refractivity contribution is 7.13. The number of thiazole rings is 1. The maximum Gasteiger partial charge on any atom is 0.137 e. The molecule has 0 aliphatic rings. The van der Waals surface area contributed by atoms with Crippen LogP contribution < -0.4 is 0 Å². The molecule has 0 aliphatic heterocycles. The smallest absolute Gasteiger partial charge is 0.137 e. The molecule has 0 saturated heterocycles. The molecule has 0 saturated carbocycles. The number of H-pyrrole nitrogens is 1. The van der Waals surface area contributed by atoms with Gasteiger partial charge in [0.25, 0.3) is 0 Å². The average molecular weight is 283 g/mol. The van der Waals surface area contributed by atoms with Crippen molar-refractivity contribution in [2.24, 2.45) is 0 Å². The van der Waals surface area contributed by atoms with E-state index in [1.165, 1.54) is 5.56 Å². The molecule has 4 heterocycles. The molecule has 0 radical (unpaired) electrons. The highest BCUT2D eigenvalue weighted by Crippen LogP contribution is 2.33. The zero-order chi connectivity index (χ0) is 12.7. The molecule has 4 aromatic rings. The van der Waals surface area contributed by atoms with E-state index >= 15 is 0 Å². The van der Waals surface area contributed by atoms with Crippen LogP contribution in [0.25, 0.3) is 32.9 Å². The quantitative estimate of drug-likeness (QED) is 0.592. The maximum absolute atomic E-state index is 4.72.